The van der Waals surface area contributed by atoms with E-state index in [0.717, 1.165) is 0 Å². The summed E-state index contributed by atoms with van der Waals surface area (Å²) in [6, 6.07) is 10.5. The minimum Gasteiger partial charge on any atom is -0.494 e. The normalized spacial score (nSPS) is 16.2. The molecule has 1 N–H and O–H groups in total. The molecule has 1 aliphatic heterocycles. The Morgan fingerprint density at radius 1 is 1.14 bits per heavy atom. The minimum atomic E-state index is -4.00. The van der Waals surface area contributed by atoms with Crippen molar-refractivity contribution in [3.05, 3.63) is 48.0 Å². The van der Waals surface area contributed by atoms with Gasteiger partial charge in [0.2, 0.25) is 15.9 Å². The van der Waals surface area contributed by atoms with Gasteiger partial charge in [0, 0.05) is 12.1 Å². The Bertz CT molecular complexity index is 1110. The Labute approximate surface area is 164 Å². The van der Waals surface area contributed by atoms with Gasteiger partial charge in [-0.15, -0.1) is 0 Å². The molecule has 0 radical (unpaired) electrons. The number of ether oxygens (including phenoxy) is 1. The Morgan fingerprint density at radius 3 is 2.39 bits per heavy atom. The lowest BCUT2D eigenvalue weighted by Crippen LogP contribution is -2.29. The second-order valence-corrected chi connectivity index (χ2v) is 9.82. The van der Waals surface area contributed by atoms with Gasteiger partial charge in [0.25, 0.3) is 10.0 Å². The molecule has 3 rings (SSSR count). The van der Waals surface area contributed by atoms with E-state index in [1.54, 1.807) is 31.2 Å². The van der Waals surface area contributed by atoms with Crippen molar-refractivity contribution in [1.29, 1.82) is 0 Å². The summed E-state index contributed by atoms with van der Waals surface area (Å²) in [6.45, 7) is 3.93. The third-order valence-corrected chi connectivity index (χ3v) is 7.41. The molecule has 28 heavy (non-hydrogen) atoms. The van der Waals surface area contributed by atoms with Crippen LogP contribution in [-0.2, 0) is 24.8 Å². The van der Waals surface area contributed by atoms with E-state index in [0.29, 0.717) is 27.9 Å². The molecule has 1 amide bonds. The fourth-order valence-corrected chi connectivity index (χ4v) is 5.65. The maximum Gasteiger partial charge on any atom is 0.262 e. The van der Waals surface area contributed by atoms with Gasteiger partial charge in [0.15, 0.2) is 0 Å². The van der Waals surface area contributed by atoms with Gasteiger partial charge >= 0.3 is 0 Å². The highest BCUT2D eigenvalue weighted by molar-refractivity contribution is 7.94. The zero-order valence-electron chi connectivity index (χ0n) is 15.4. The molecular formula is C18H20N2O6S2. The Balaban J connectivity index is 1.94. The molecule has 1 aliphatic rings. The average molecular weight is 425 g/mol. The summed E-state index contributed by atoms with van der Waals surface area (Å²) in [5.74, 6) is -0.250. The summed E-state index contributed by atoms with van der Waals surface area (Å²) < 4.78 is 58.4. The standard InChI is InChI=1S/C18H20N2O6S2/c1-3-26-16-8-5-14(6-9-16)19-28(24,25)17-12-15(7-4-13(17)2)20-18(21)10-11-27(20,22)23/h4-9,12,19H,3,10-11H2,1-2H3. The maximum absolute atomic E-state index is 12.8. The van der Waals surface area contributed by atoms with Crippen molar-refractivity contribution in [3.63, 3.8) is 0 Å². The van der Waals surface area contributed by atoms with Crippen molar-refractivity contribution in [2.75, 3.05) is 21.4 Å². The van der Waals surface area contributed by atoms with Crippen LogP contribution in [0.5, 0.6) is 5.75 Å². The van der Waals surface area contributed by atoms with Crippen molar-refractivity contribution in [2.24, 2.45) is 0 Å². The van der Waals surface area contributed by atoms with E-state index in [2.05, 4.69) is 4.72 Å². The second-order valence-electron chi connectivity index (χ2n) is 6.24. The predicted molar refractivity (Wildman–Crippen MR) is 105 cm³/mol. The minimum absolute atomic E-state index is 0.0140. The van der Waals surface area contributed by atoms with Gasteiger partial charge in [-0.2, -0.15) is 0 Å². The van der Waals surface area contributed by atoms with Crippen LogP contribution in [0, 0.1) is 6.92 Å². The molecule has 0 saturated carbocycles. The first-order chi connectivity index (χ1) is 13.1. The van der Waals surface area contributed by atoms with Crippen LogP contribution in [0.25, 0.3) is 0 Å². The Morgan fingerprint density at radius 2 is 1.82 bits per heavy atom. The number of nitrogens with zero attached hydrogens (tertiary/aromatic N) is 1. The van der Waals surface area contributed by atoms with Gasteiger partial charge in [-0.25, -0.2) is 21.1 Å². The number of aryl methyl sites for hydroxylation is 1. The summed E-state index contributed by atoms with van der Waals surface area (Å²) >= 11 is 0. The van der Waals surface area contributed by atoms with Crippen LogP contribution in [0.4, 0.5) is 11.4 Å². The molecule has 2 aromatic carbocycles. The number of carbonyl (C=O) groups is 1. The molecular weight excluding hydrogens is 404 g/mol. The van der Waals surface area contributed by atoms with Gasteiger partial charge < -0.3 is 4.74 Å². The number of amides is 1. The van der Waals surface area contributed by atoms with E-state index in [1.807, 2.05) is 6.92 Å². The molecule has 1 saturated heterocycles. The highest BCUT2D eigenvalue weighted by Crippen LogP contribution is 2.30. The molecule has 150 valence electrons. The molecule has 1 fully saturated rings. The maximum atomic E-state index is 12.8. The number of anilines is 2. The van der Waals surface area contributed by atoms with Crippen LogP contribution in [0.15, 0.2) is 47.4 Å². The summed E-state index contributed by atoms with van der Waals surface area (Å²) in [5, 5.41) is 0. The fraction of sp³-hybridized carbons (Fsp3) is 0.278. The van der Waals surface area contributed by atoms with Gasteiger partial charge in [-0.3, -0.25) is 9.52 Å². The van der Waals surface area contributed by atoms with Gasteiger partial charge in [0.1, 0.15) is 5.75 Å². The SMILES string of the molecule is CCOc1ccc(NS(=O)(=O)c2cc(N3C(=O)CCS3(=O)=O)ccc2C)cc1. The summed E-state index contributed by atoms with van der Waals surface area (Å²) in [6.07, 6.45) is -0.122. The zero-order chi connectivity index (χ0) is 20.5. The predicted octanol–water partition coefficient (Wildman–Crippen LogP) is 2.26. The van der Waals surface area contributed by atoms with E-state index in [9.17, 15) is 21.6 Å². The highest BCUT2D eigenvalue weighted by Gasteiger charge is 2.37. The summed E-state index contributed by atoms with van der Waals surface area (Å²) in [4.78, 5) is 11.9. The van der Waals surface area contributed by atoms with Gasteiger partial charge in [-0.1, -0.05) is 6.07 Å². The van der Waals surface area contributed by atoms with Crippen LogP contribution < -0.4 is 13.8 Å². The van der Waals surface area contributed by atoms with Crippen molar-refractivity contribution in [1.82, 2.24) is 0 Å². The first kappa shape index (κ1) is 20.2. The van der Waals surface area contributed by atoms with Crippen molar-refractivity contribution < 1.29 is 26.4 Å². The van der Waals surface area contributed by atoms with Crippen molar-refractivity contribution in [3.8, 4) is 5.75 Å². The van der Waals surface area contributed by atoms with E-state index >= 15 is 0 Å². The molecule has 0 aromatic heterocycles. The van der Waals surface area contributed by atoms with E-state index in [1.165, 1.54) is 18.2 Å². The van der Waals surface area contributed by atoms with Crippen LogP contribution >= 0.6 is 0 Å². The molecule has 1 heterocycles. The molecule has 0 spiro atoms. The number of nitrogens with one attached hydrogen (secondary N) is 1. The second kappa shape index (κ2) is 7.44. The quantitative estimate of drug-likeness (QED) is 0.762. The Hall–Kier alpha value is -2.59. The van der Waals surface area contributed by atoms with E-state index in [4.69, 9.17) is 4.74 Å². The number of carbonyl (C=O) groups excluding carboxylic acids is 1. The first-order valence-electron chi connectivity index (χ1n) is 8.56. The zero-order valence-corrected chi connectivity index (χ0v) is 17.0. The largest absolute Gasteiger partial charge is 0.494 e. The average Bonchev–Trinajstić information content (AvgIpc) is 2.90. The van der Waals surface area contributed by atoms with E-state index in [-0.39, 0.29) is 22.8 Å². The number of hydrogen-bond donors (Lipinski definition) is 1. The summed E-state index contributed by atoms with van der Waals surface area (Å²) in [7, 11) is -7.78. The van der Waals surface area contributed by atoms with Crippen LogP contribution in [0.2, 0.25) is 0 Å². The number of hydrogen-bond acceptors (Lipinski definition) is 6. The molecule has 0 aliphatic carbocycles. The van der Waals surface area contributed by atoms with Crippen molar-refractivity contribution in [2.45, 2.75) is 25.2 Å². The molecule has 0 unspecified atom stereocenters. The third kappa shape index (κ3) is 3.97. The highest BCUT2D eigenvalue weighted by atomic mass is 32.2. The van der Waals surface area contributed by atoms with E-state index < -0.39 is 26.0 Å². The van der Waals surface area contributed by atoms with Crippen LogP contribution in [0.1, 0.15) is 18.9 Å². The number of sulfonamides is 2. The fourth-order valence-electron chi connectivity index (χ4n) is 2.87. The van der Waals surface area contributed by atoms with Crippen LogP contribution in [-0.4, -0.2) is 35.1 Å². The lowest BCUT2D eigenvalue weighted by atomic mass is 10.2. The lowest BCUT2D eigenvalue weighted by molar-refractivity contribution is -0.116. The third-order valence-electron chi connectivity index (χ3n) is 4.19. The monoisotopic (exact) mass is 424 g/mol. The van der Waals surface area contributed by atoms with Crippen molar-refractivity contribution >= 4 is 37.3 Å². The molecule has 10 heteroatoms. The molecule has 2 aromatic rings. The molecule has 0 atom stereocenters. The topological polar surface area (TPSA) is 110 Å². The molecule has 8 nitrogen and oxygen atoms in total. The molecule has 0 bridgehead atoms. The van der Waals surface area contributed by atoms with Crippen LogP contribution in [0.3, 0.4) is 0 Å². The first-order valence-corrected chi connectivity index (χ1v) is 11.7. The Kier molecular flexibility index (Phi) is 5.35. The van der Waals surface area contributed by atoms with Gasteiger partial charge in [0.05, 0.1) is 22.9 Å². The smallest absolute Gasteiger partial charge is 0.262 e. The van der Waals surface area contributed by atoms with Gasteiger partial charge in [-0.05, 0) is 55.8 Å². The number of rotatable bonds is 6. The number of benzene rings is 2. The summed E-state index contributed by atoms with van der Waals surface area (Å²) in [5.41, 5.74) is 0.768. The lowest BCUT2D eigenvalue weighted by Gasteiger charge is -2.17.